The van der Waals surface area contributed by atoms with E-state index in [-0.39, 0.29) is 11.9 Å². The molecular weight excluding hydrogens is 210 g/mol. The van der Waals surface area contributed by atoms with Gasteiger partial charge < -0.3 is 0 Å². The van der Waals surface area contributed by atoms with Gasteiger partial charge in [0, 0.05) is 19.0 Å². The maximum absolute atomic E-state index is 11.7. The predicted molar refractivity (Wildman–Crippen MR) is 56.6 cm³/mol. The lowest BCUT2D eigenvalue weighted by molar-refractivity contribution is 0.377. The molecule has 2 unspecified atom stereocenters. The molecular formula is C8H18ClNO2S. The molecule has 0 aliphatic heterocycles. The minimum Gasteiger partial charge on any atom is -0.212 e. The van der Waals surface area contributed by atoms with E-state index >= 15 is 0 Å². The maximum atomic E-state index is 11.7. The summed E-state index contributed by atoms with van der Waals surface area (Å²) in [5.41, 5.74) is 0. The highest BCUT2D eigenvalue weighted by Gasteiger charge is 2.27. The number of halogens is 1. The lowest BCUT2D eigenvalue weighted by Gasteiger charge is -2.25. The van der Waals surface area contributed by atoms with Gasteiger partial charge in [0.1, 0.15) is 0 Å². The van der Waals surface area contributed by atoms with Crippen molar-refractivity contribution in [2.45, 2.75) is 38.5 Å². The fourth-order valence-electron chi connectivity index (χ4n) is 0.871. The Labute approximate surface area is 86.1 Å². The molecule has 0 radical (unpaired) electrons. The highest BCUT2D eigenvalue weighted by molar-refractivity contribution is 7.89. The van der Waals surface area contributed by atoms with Crippen LogP contribution in [0.3, 0.4) is 0 Å². The summed E-state index contributed by atoms with van der Waals surface area (Å²) in [5, 5.41) is -0.506. The van der Waals surface area contributed by atoms with Gasteiger partial charge in [-0.15, -0.1) is 11.6 Å². The van der Waals surface area contributed by atoms with Gasteiger partial charge in [0.25, 0.3) is 0 Å². The molecule has 0 saturated heterocycles. The summed E-state index contributed by atoms with van der Waals surface area (Å²) in [7, 11) is -1.60. The van der Waals surface area contributed by atoms with Crippen LogP contribution in [0.5, 0.6) is 0 Å². The number of hydrogen-bond donors (Lipinski definition) is 0. The molecule has 80 valence electrons. The van der Waals surface area contributed by atoms with E-state index in [1.165, 1.54) is 4.31 Å². The second kappa shape index (κ2) is 5.17. The van der Waals surface area contributed by atoms with Gasteiger partial charge in [0.05, 0.1) is 5.25 Å². The van der Waals surface area contributed by atoms with Crippen molar-refractivity contribution in [1.29, 1.82) is 0 Å². The Hall–Kier alpha value is 0.200. The first kappa shape index (κ1) is 13.2. The molecule has 0 amide bonds. The lowest BCUT2D eigenvalue weighted by Crippen LogP contribution is -2.40. The van der Waals surface area contributed by atoms with E-state index in [0.717, 1.165) is 6.42 Å². The first-order valence-electron chi connectivity index (χ1n) is 4.40. The van der Waals surface area contributed by atoms with E-state index in [1.54, 1.807) is 14.0 Å². The normalized spacial score (nSPS) is 17.4. The summed E-state index contributed by atoms with van der Waals surface area (Å²) in [4.78, 5) is 0. The molecule has 0 aromatic carbocycles. The largest absolute Gasteiger partial charge is 0.217 e. The average molecular weight is 228 g/mol. The molecule has 3 nitrogen and oxygen atoms in total. The van der Waals surface area contributed by atoms with E-state index in [1.807, 2.05) is 13.8 Å². The molecule has 0 N–H and O–H groups in total. The van der Waals surface area contributed by atoms with Crippen LogP contribution in [-0.4, -0.2) is 36.9 Å². The number of alkyl halides is 1. The van der Waals surface area contributed by atoms with E-state index in [2.05, 4.69) is 0 Å². The van der Waals surface area contributed by atoms with Gasteiger partial charge in [0.15, 0.2) is 0 Å². The third kappa shape index (κ3) is 3.11. The first-order chi connectivity index (χ1) is 5.87. The van der Waals surface area contributed by atoms with Crippen molar-refractivity contribution in [3.05, 3.63) is 0 Å². The topological polar surface area (TPSA) is 37.4 Å². The minimum atomic E-state index is -3.20. The van der Waals surface area contributed by atoms with Crippen LogP contribution in [0.15, 0.2) is 0 Å². The van der Waals surface area contributed by atoms with Crippen molar-refractivity contribution in [2.75, 3.05) is 12.9 Å². The van der Waals surface area contributed by atoms with Crippen LogP contribution in [0.4, 0.5) is 0 Å². The van der Waals surface area contributed by atoms with Crippen molar-refractivity contribution in [3.8, 4) is 0 Å². The van der Waals surface area contributed by atoms with Crippen LogP contribution in [0, 0.1) is 0 Å². The van der Waals surface area contributed by atoms with Gasteiger partial charge in [-0.2, -0.15) is 0 Å². The van der Waals surface area contributed by atoms with Gasteiger partial charge in [-0.05, 0) is 20.3 Å². The smallest absolute Gasteiger partial charge is 0.212 e. The van der Waals surface area contributed by atoms with Crippen LogP contribution >= 0.6 is 11.6 Å². The summed E-state index contributed by atoms with van der Waals surface area (Å²) in [6, 6.07) is 0.0377. The predicted octanol–water partition coefficient (Wildman–Crippen LogP) is 1.67. The summed E-state index contributed by atoms with van der Waals surface area (Å²) >= 11 is 5.52. The minimum absolute atomic E-state index is 0.0377. The maximum Gasteiger partial charge on any atom is 0.217 e. The van der Waals surface area contributed by atoms with Crippen molar-refractivity contribution < 1.29 is 8.42 Å². The van der Waals surface area contributed by atoms with Gasteiger partial charge in [-0.3, -0.25) is 0 Å². The van der Waals surface area contributed by atoms with Crippen molar-refractivity contribution in [3.63, 3.8) is 0 Å². The molecule has 0 spiro atoms. The zero-order chi connectivity index (χ0) is 10.6. The average Bonchev–Trinajstić information content (AvgIpc) is 2.13. The fraction of sp³-hybridized carbons (Fsp3) is 1.00. The Morgan fingerprint density at radius 1 is 1.38 bits per heavy atom. The summed E-state index contributed by atoms with van der Waals surface area (Å²) < 4.78 is 24.8. The van der Waals surface area contributed by atoms with Gasteiger partial charge in [0.2, 0.25) is 10.0 Å². The molecule has 0 bridgehead atoms. The molecule has 0 aromatic heterocycles. The van der Waals surface area contributed by atoms with Gasteiger partial charge >= 0.3 is 0 Å². The van der Waals surface area contributed by atoms with Crippen molar-refractivity contribution in [2.24, 2.45) is 0 Å². The second-order valence-electron chi connectivity index (χ2n) is 3.28. The molecule has 0 aliphatic carbocycles. The Balaban J connectivity index is 4.64. The van der Waals surface area contributed by atoms with E-state index in [9.17, 15) is 8.42 Å². The molecule has 13 heavy (non-hydrogen) atoms. The Morgan fingerprint density at radius 2 is 1.85 bits per heavy atom. The summed E-state index contributed by atoms with van der Waals surface area (Å²) in [6.45, 7) is 5.47. The molecule has 0 heterocycles. The molecule has 0 aromatic rings. The number of nitrogens with zero attached hydrogens (tertiary/aromatic N) is 1. The highest BCUT2D eigenvalue weighted by Crippen LogP contribution is 2.13. The third-order valence-electron chi connectivity index (χ3n) is 2.34. The standard InChI is InChI=1S/C8H18ClNO2S/c1-5-7(2)10(4)13(11,12)8(3)6-9/h7-8H,5-6H2,1-4H3. The van der Waals surface area contributed by atoms with Crippen LogP contribution in [-0.2, 0) is 10.0 Å². The third-order valence-corrected chi connectivity index (χ3v) is 5.33. The molecule has 2 atom stereocenters. The molecule has 0 fully saturated rings. The van der Waals surface area contributed by atoms with Crippen LogP contribution in [0.1, 0.15) is 27.2 Å². The summed E-state index contributed by atoms with van der Waals surface area (Å²) in [5.74, 6) is 0.142. The van der Waals surface area contributed by atoms with Crippen LogP contribution in [0.25, 0.3) is 0 Å². The zero-order valence-corrected chi connectivity index (χ0v) is 10.2. The van der Waals surface area contributed by atoms with Crippen molar-refractivity contribution in [1.82, 2.24) is 4.31 Å². The fourth-order valence-corrected chi connectivity index (χ4v) is 2.73. The monoisotopic (exact) mass is 227 g/mol. The van der Waals surface area contributed by atoms with E-state index in [0.29, 0.717) is 0 Å². The van der Waals surface area contributed by atoms with Gasteiger partial charge in [-0.25, -0.2) is 12.7 Å². The molecule has 0 saturated carbocycles. The number of sulfonamides is 1. The molecule has 0 aliphatic rings. The van der Waals surface area contributed by atoms with Crippen LogP contribution < -0.4 is 0 Å². The van der Waals surface area contributed by atoms with Crippen LogP contribution in [0.2, 0.25) is 0 Å². The first-order valence-corrected chi connectivity index (χ1v) is 6.44. The molecule has 5 heteroatoms. The highest BCUT2D eigenvalue weighted by atomic mass is 35.5. The Morgan fingerprint density at radius 3 is 2.15 bits per heavy atom. The van der Waals surface area contributed by atoms with Crippen molar-refractivity contribution >= 4 is 21.6 Å². The quantitative estimate of drug-likeness (QED) is 0.671. The molecule has 0 rings (SSSR count). The number of hydrogen-bond acceptors (Lipinski definition) is 2. The Kier molecular flexibility index (Phi) is 5.25. The zero-order valence-electron chi connectivity index (χ0n) is 8.62. The van der Waals surface area contributed by atoms with E-state index in [4.69, 9.17) is 11.6 Å². The Bertz CT molecular complexity index is 241. The second-order valence-corrected chi connectivity index (χ2v) is 6.00. The number of rotatable bonds is 5. The van der Waals surface area contributed by atoms with Gasteiger partial charge in [-0.1, -0.05) is 6.92 Å². The van der Waals surface area contributed by atoms with E-state index < -0.39 is 15.3 Å². The lowest BCUT2D eigenvalue weighted by atomic mass is 10.3. The summed E-state index contributed by atoms with van der Waals surface area (Å²) in [6.07, 6.45) is 0.810. The SMILES string of the molecule is CCC(C)N(C)S(=O)(=O)C(C)CCl.